The van der Waals surface area contributed by atoms with Gasteiger partial charge in [0.2, 0.25) is 0 Å². The maximum absolute atomic E-state index is 12.3. The largest absolute Gasteiger partial charge is 0.422 e. The van der Waals surface area contributed by atoms with Crippen molar-refractivity contribution in [1.29, 1.82) is 0 Å². The van der Waals surface area contributed by atoms with E-state index in [9.17, 15) is 13.2 Å². The van der Waals surface area contributed by atoms with Crippen LogP contribution < -0.4 is 4.74 Å². The van der Waals surface area contributed by atoms with Crippen LogP contribution in [0.1, 0.15) is 26.2 Å². The second kappa shape index (κ2) is 9.35. The summed E-state index contributed by atoms with van der Waals surface area (Å²) in [6, 6.07) is 13.9. The normalized spacial score (nSPS) is 11.8. The summed E-state index contributed by atoms with van der Waals surface area (Å²) < 4.78 is 34.2. The van der Waals surface area contributed by atoms with Crippen molar-refractivity contribution in [3.8, 4) is 5.75 Å². The third-order valence-corrected chi connectivity index (χ3v) is 4.68. The Morgan fingerprint density at radius 2 is 1.73 bits per heavy atom. The van der Waals surface area contributed by atoms with Gasteiger partial charge < -0.3 is 4.74 Å². The monoisotopic (exact) mass is 395 g/mol. The molecular weight excluding hydrogens is 378 g/mol. The van der Waals surface area contributed by atoms with Crippen LogP contribution in [0, 0.1) is 0 Å². The Hall–Kier alpha value is -2.38. The Labute approximate surface area is 157 Å². The first-order chi connectivity index (χ1) is 12.4. The van der Waals surface area contributed by atoms with Crippen LogP contribution in [0.2, 0.25) is 5.02 Å². The summed E-state index contributed by atoms with van der Waals surface area (Å²) in [5, 5.41) is 3.94. The van der Waals surface area contributed by atoms with Gasteiger partial charge in [-0.15, -0.1) is 0 Å². The number of carbonyl (C=O) groups excluding carboxylic acids is 1. The second-order valence-corrected chi connectivity index (χ2v) is 7.29. The zero-order valence-electron chi connectivity index (χ0n) is 14.1. The molecule has 0 fully saturated rings. The van der Waals surface area contributed by atoms with Gasteiger partial charge in [-0.25, -0.2) is 4.79 Å². The van der Waals surface area contributed by atoms with Crippen molar-refractivity contribution < 1.29 is 22.2 Å². The number of halogens is 1. The van der Waals surface area contributed by atoms with Gasteiger partial charge in [-0.05, 0) is 42.8 Å². The highest BCUT2D eigenvalue weighted by Gasteiger charge is 2.20. The van der Waals surface area contributed by atoms with Crippen molar-refractivity contribution in [2.24, 2.45) is 5.16 Å². The lowest BCUT2D eigenvalue weighted by atomic mass is 10.2. The summed E-state index contributed by atoms with van der Waals surface area (Å²) in [5.41, 5.74) is -0.103. The van der Waals surface area contributed by atoms with Gasteiger partial charge in [0.25, 0.3) is 0 Å². The van der Waals surface area contributed by atoms with Crippen LogP contribution in [-0.2, 0) is 19.2 Å². The van der Waals surface area contributed by atoms with Crippen LogP contribution in [-0.4, -0.2) is 20.1 Å². The van der Waals surface area contributed by atoms with Gasteiger partial charge in [0.15, 0.2) is 5.71 Å². The van der Waals surface area contributed by atoms with Gasteiger partial charge in [0.1, 0.15) is 10.6 Å². The van der Waals surface area contributed by atoms with E-state index in [1.165, 1.54) is 24.3 Å². The third kappa shape index (κ3) is 5.86. The van der Waals surface area contributed by atoms with Crippen LogP contribution in [0.25, 0.3) is 0 Å². The fourth-order valence-corrected chi connectivity index (χ4v) is 2.79. The van der Waals surface area contributed by atoms with Crippen LogP contribution in [0.3, 0.4) is 0 Å². The lowest BCUT2D eigenvalue weighted by Gasteiger charge is -2.07. The van der Waals surface area contributed by atoms with E-state index in [-0.39, 0.29) is 17.0 Å². The van der Waals surface area contributed by atoms with E-state index in [1.54, 1.807) is 30.3 Å². The number of para-hydroxylation sites is 1. The van der Waals surface area contributed by atoms with Crippen LogP contribution in [0.5, 0.6) is 5.75 Å². The molecule has 0 atom stereocenters. The van der Waals surface area contributed by atoms with Gasteiger partial charge in [-0.3, -0.25) is 4.28 Å². The molecule has 0 aromatic heterocycles. The number of carbonyl (C=O) groups is 1. The van der Waals surface area contributed by atoms with Crippen molar-refractivity contribution in [3.63, 3.8) is 0 Å². The van der Waals surface area contributed by atoms with Crippen molar-refractivity contribution in [3.05, 3.63) is 59.6 Å². The molecule has 0 saturated heterocycles. The number of benzene rings is 2. The Balaban J connectivity index is 2.16. The zero-order valence-corrected chi connectivity index (χ0v) is 15.7. The van der Waals surface area contributed by atoms with Crippen LogP contribution >= 0.6 is 11.6 Å². The molecule has 2 aromatic rings. The van der Waals surface area contributed by atoms with Gasteiger partial charge in [-0.1, -0.05) is 48.3 Å². The molecule has 26 heavy (non-hydrogen) atoms. The number of esters is 1. The summed E-state index contributed by atoms with van der Waals surface area (Å²) in [4.78, 5) is 12.2. The average Bonchev–Trinajstić information content (AvgIpc) is 2.63. The van der Waals surface area contributed by atoms with E-state index in [0.29, 0.717) is 17.2 Å². The highest BCUT2D eigenvalue weighted by molar-refractivity contribution is 7.86. The highest BCUT2D eigenvalue weighted by atomic mass is 35.5. The number of rotatable bonds is 8. The number of ether oxygens (including phenoxy) is 1. The molecule has 0 radical (unpaired) electrons. The number of unbranched alkanes of at least 4 members (excludes halogenated alkanes) is 1. The summed E-state index contributed by atoms with van der Waals surface area (Å²) >= 11 is 5.74. The standard InChI is InChI=1S/C18H18ClNO5S/c1-2-3-9-17(18(21)24-15-7-5-4-6-8-15)20-25-26(22,23)16-12-10-14(19)11-13-16/h4-8,10-13H,2-3,9H2,1H3/b20-17-. The molecule has 138 valence electrons. The van der Waals surface area contributed by atoms with Gasteiger partial charge in [-0.2, -0.15) is 8.42 Å². The number of hydrogen-bond donors (Lipinski definition) is 0. The first kappa shape index (κ1) is 19.9. The minimum absolute atomic E-state index is 0.103. The van der Waals surface area contributed by atoms with Crippen molar-refractivity contribution in [1.82, 2.24) is 0 Å². The lowest BCUT2D eigenvalue weighted by molar-refractivity contribution is -0.127. The molecule has 0 N–H and O–H groups in total. The van der Waals surface area contributed by atoms with E-state index in [2.05, 4.69) is 9.44 Å². The molecule has 2 aromatic carbocycles. The predicted octanol–water partition coefficient (Wildman–Crippen LogP) is 4.20. The molecule has 0 bridgehead atoms. The predicted molar refractivity (Wildman–Crippen MR) is 98.8 cm³/mol. The fourth-order valence-electron chi connectivity index (χ4n) is 1.92. The zero-order chi connectivity index (χ0) is 19.0. The third-order valence-electron chi connectivity index (χ3n) is 3.30. The summed E-state index contributed by atoms with van der Waals surface area (Å²) in [5.74, 6) is -0.418. The van der Waals surface area contributed by atoms with Crippen LogP contribution in [0.15, 0.2) is 64.6 Å². The minimum Gasteiger partial charge on any atom is -0.422 e. The van der Waals surface area contributed by atoms with E-state index in [4.69, 9.17) is 16.3 Å². The van der Waals surface area contributed by atoms with Gasteiger partial charge in [0.05, 0.1) is 0 Å². The molecule has 0 unspecified atom stereocenters. The molecule has 6 nitrogen and oxygen atoms in total. The molecule has 8 heteroatoms. The molecule has 0 saturated carbocycles. The number of oxime groups is 1. The lowest BCUT2D eigenvalue weighted by Crippen LogP contribution is -2.21. The van der Waals surface area contributed by atoms with Crippen molar-refractivity contribution >= 4 is 33.4 Å². The number of nitrogens with zero attached hydrogens (tertiary/aromatic N) is 1. The highest BCUT2D eigenvalue weighted by Crippen LogP contribution is 2.17. The molecule has 2 rings (SSSR count). The van der Waals surface area contributed by atoms with Crippen molar-refractivity contribution in [2.75, 3.05) is 0 Å². The molecule has 0 spiro atoms. The Morgan fingerprint density at radius 3 is 2.35 bits per heavy atom. The first-order valence-electron chi connectivity index (χ1n) is 7.95. The van der Waals surface area contributed by atoms with Gasteiger partial charge in [0, 0.05) is 11.4 Å². The van der Waals surface area contributed by atoms with Crippen LogP contribution in [0.4, 0.5) is 0 Å². The maximum Gasteiger partial charge on any atom is 0.361 e. The fraction of sp³-hybridized carbons (Fsp3) is 0.222. The average molecular weight is 396 g/mol. The quantitative estimate of drug-likeness (QED) is 0.289. The summed E-state index contributed by atoms with van der Waals surface area (Å²) in [6.45, 7) is 1.94. The van der Waals surface area contributed by atoms with E-state index in [1.807, 2.05) is 6.92 Å². The summed E-state index contributed by atoms with van der Waals surface area (Å²) in [6.07, 6.45) is 1.66. The van der Waals surface area contributed by atoms with Gasteiger partial charge >= 0.3 is 16.1 Å². The molecular formula is C18H18ClNO5S. The molecule has 0 heterocycles. The van der Waals surface area contributed by atoms with E-state index >= 15 is 0 Å². The number of hydrogen-bond acceptors (Lipinski definition) is 6. The molecule has 0 amide bonds. The summed E-state index contributed by atoms with van der Waals surface area (Å²) in [7, 11) is -4.16. The second-order valence-electron chi connectivity index (χ2n) is 5.33. The topological polar surface area (TPSA) is 82.0 Å². The molecule has 0 aliphatic heterocycles. The minimum atomic E-state index is -4.16. The van der Waals surface area contributed by atoms with Crippen molar-refractivity contribution in [2.45, 2.75) is 31.1 Å². The van der Waals surface area contributed by atoms with E-state index in [0.717, 1.165) is 6.42 Å². The Morgan fingerprint density at radius 1 is 1.08 bits per heavy atom. The SMILES string of the molecule is CCCC/C(=N/OS(=O)(=O)c1ccc(Cl)cc1)C(=O)Oc1ccccc1. The smallest absolute Gasteiger partial charge is 0.361 e. The molecule has 0 aliphatic rings. The maximum atomic E-state index is 12.3. The Kier molecular flexibility index (Phi) is 7.17. The first-order valence-corrected chi connectivity index (χ1v) is 9.74. The molecule has 0 aliphatic carbocycles. The Bertz CT molecular complexity index is 864. The van der Waals surface area contributed by atoms with E-state index < -0.39 is 16.1 Å².